The van der Waals surface area contributed by atoms with E-state index in [2.05, 4.69) is 22.5 Å². The van der Waals surface area contributed by atoms with Gasteiger partial charge in [-0.1, -0.05) is 19.8 Å². The van der Waals surface area contributed by atoms with Crippen molar-refractivity contribution in [2.24, 2.45) is 0 Å². The molecule has 0 bridgehead atoms. The van der Waals surface area contributed by atoms with E-state index in [0.717, 1.165) is 63.7 Å². The van der Waals surface area contributed by atoms with Gasteiger partial charge in [0.05, 0.1) is 6.61 Å². The van der Waals surface area contributed by atoms with E-state index in [0.29, 0.717) is 6.04 Å². The van der Waals surface area contributed by atoms with E-state index in [4.69, 9.17) is 4.74 Å². The van der Waals surface area contributed by atoms with Gasteiger partial charge in [-0.25, -0.2) is 4.79 Å². The average molecular weight is 361 g/mol. The quantitative estimate of drug-likeness (QED) is 0.734. The molecule has 0 radical (unpaired) electrons. The van der Waals surface area contributed by atoms with Crippen molar-refractivity contribution in [2.45, 2.75) is 38.6 Å². The summed E-state index contributed by atoms with van der Waals surface area (Å²) in [6.45, 7) is 8.64. The molecule has 2 fully saturated rings. The van der Waals surface area contributed by atoms with Crippen LogP contribution < -0.4 is 15.4 Å². The molecule has 1 aromatic rings. The van der Waals surface area contributed by atoms with E-state index < -0.39 is 0 Å². The highest BCUT2D eigenvalue weighted by molar-refractivity contribution is 5.89. The van der Waals surface area contributed by atoms with Crippen LogP contribution in [-0.4, -0.2) is 67.7 Å². The van der Waals surface area contributed by atoms with Crippen LogP contribution in [-0.2, 0) is 0 Å². The molecular weight excluding hydrogens is 328 g/mol. The first-order valence-corrected chi connectivity index (χ1v) is 10.00. The number of anilines is 1. The number of nitrogens with zero attached hydrogens (tertiary/aromatic N) is 2. The standard InChI is InChI=1S/C20H32N4O2/c1-2-3-4-15-26-19-7-5-17(6-8-19)22-20(25)24-13-11-23(12-14-24)18-9-10-21-16-18/h5-8,18,21H,2-4,9-16H2,1H3,(H,22,25)/t18-/m0/s1. The summed E-state index contributed by atoms with van der Waals surface area (Å²) in [5.41, 5.74) is 0.818. The lowest BCUT2D eigenvalue weighted by atomic mass is 10.2. The first-order valence-electron chi connectivity index (χ1n) is 10.00. The summed E-state index contributed by atoms with van der Waals surface area (Å²) in [6.07, 6.45) is 4.69. The van der Waals surface area contributed by atoms with Crippen LogP contribution >= 0.6 is 0 Å². The lowest BCUT2D eigenvalue weighted by molar-refractivity contribution is 0.119. The van der Waals surface area contributed by atoms with Crippen LogP contribution in [0.3, 0.4) is 0 Å². The molecule has 0 aliphatic carbocycles. The summed E-state index contributed by atoms with van der Waals surface area (Å²) in [6, 6.07) is 8.30. The van der Waals surface area contributed by atoms with Crippen LogP contribution in [0.15, 0.2) is 24.3 Å². The Balaban J connectivity index is 1.40. The molecule has 2 N–H and O–H groups in total. The SMILES string of the molecule is CCCCCOc1ccc(NC(=O)N2CCN([C@H]3CCNC3)CC2)cc1. The van der Waals surface area contributed by atoms with Crippen LogP contribution in [0.5, 0.6) is 5.75 Å². The number of carbonyl (C=O) groups excluding carboxylic acids is 1. The number of amides is 2. The molecule has 144 valence electrons. The highest BCUT2D eigenvalue weighted by Gasteiger charge is 2.27. The minimum atomic E-state index is -0.00851. The topological polar surface area (TPSA) is 56.8 Å². The second-order valence-electron chi connectivity index (χ2n) is 7.18. The molecule has 1 aromatic carbocycles. The maximum absolute atomic E-state index is 12.5. The lowest BCUT2D eigenvalue weighted by Crippen LogP contribution is -2.53. The fourth-order valence-electron chi connectivity index (χ4n) is 3.62. The molecule has 6 heteroatoms. The van der Waals surface area contributed by atoms with Crippen molar-refractivity contribution in [3.8, 4) is 5.75 Å². The van der Waals surface area contributed by atoms with Gasteiger partial charge < -0.3 is 20.3 Å². The van der Waals surface area contributed by atoms with Crippen LogP contribution in [0.4, 0.5) is 10.5 Å². The molecule has 0 aromatic heterocycles. The molecule has 2 heterocycles. The van der Waals surface area contributed by atoms with Gasteiger partial charge in [0.25, 0.3) is 0 Å². The van der Waals surface area contributed by atoms with Crippen molar-refractivity contribution < 1.29 is 9.53 Å². The third-order valence-corrected chi connectivity index (χ3v) is 5.27. The molecule has 2 amide bonds. The molecule has 2 aliphatic rings. The Labute approximate surface area is 156 Å². The zero-order valence-electron chi connectivity index (χ0n) is 15.9. The van der Waals surface area contributed by atoms with E-state index in [1.165, 1.54) is 19.3 Å². The number of hydrogen-bond donors (Lipinski definition) is 2. The molecule has 6 nitrogen and oxygen atoms in total. The highest BCUT2D eigenvalue weighted by Crippen LogP contribution is 2.17. The van der Waals surface area contributed by atoms with Crippen molar-refractivity contribution in [3.05, 3.63) is 24.3 Å². The van der Waals surface area contributed by atoms with Gasteiger partial charge in [-0.3, -0.25) is 4.90 Å². The zero-order chi connectivity index (χ0) is 18.2. The normalized spacial score (nSPS) is 21.0. The Morgan fingerprint density at radius 1 is 1.19 bits per heavy atom. The van der Waals surface area contributed by atoms with Crippen molar-refractivity contribution >= 4 is 11.7 Å². The van der Waals surface area contributed by atoms with Crippen molar-refractivity contribution in [1.29, 1.82) is 0 Å². The Hall–Kier alpha value is -1.79. The van der Waals surface area contributed by atoms with Gasteiger partial charge in [0.2, 0.25) is 0 Å². The molecule has 0 saturated carbocycles. The van der Waals surface area contributed by atoms with Crippen LogP contribution in [0.1, 0.15) is 32.6 Å². The monoisotopic (exact) mass is 360 g/mol. The average Bonchev–Trinajstić information content (AvgIpc) is 3.21. The molecular formula is C20H32N4O2. The fraction of sp³-hybridized carbons (Fsp3) is 0.650. The molecule has 2 aliphatic heterocycles. The van der Waals surface area contributed by atoms with Crippen LogP contribution in [0.25, 0.3) is 0 Å². The summed E-state index contributed by atoms with van der Waals surface area (Å²) in [5.74, 6) is 0.859. The lowest BCUT2D eigenvalue weighted by Gasteiger charge is -2.37. The van der Waals surface area contributed by atoms with E-state index in [1.807, 2.05) is 29.2 Å². The van der Waals surface area contributed by atoms with Gasteiger partial charge in [0.1, 0.15) is 5.75 Å². The number of rotatable bonds is 7. The Morgan fingerprint density at radius 2 is 1.96 bits per heavy atom. The number of carbonyl (C=O) groups is 1. The smallest absolute Gasteiger partial charge is 0.321 e. The summed E-state index contributed by atoms with van der Waals surface area (Å²) in [4.78, 5) is 16.9. The van der Waals surface area contributed by atoms with Gasteiger partial charge in [0.15, 0.2) is 0 Å². The number of nitrogens with one attached hydrogen (secondary N) is 2. The maximum atomic E-state index is 12.5. The van der Waals surface area contributed by atoms with E-state index >= 15 is 0 Å². The number of piperazine rings is 1. The predicted molar refractivity (Wildman–Crippen MR) is 105 cm³/mol. The highest BCUT2D eigenvalue weighted by atomic mass is 16.5. The molecule has 3 rings (SSSR count). The van der Waals surface area contributed by atoms with Crippen molar-refractivity contribution in [3.63, 3.8) is 0 Å². The molecule has 0 unspecified atom stereocenters. The minimum absolute atomic E-state index is 0.00851. The van der Waals surface area contributed by atoms with Gasteiger partial charge in [-0.2, -0.15) is 0 Å². The minimum Gasteiger partial charge on any atom is -0.494 e. The van der Waals surface area contributed by atoms with Crippen molar-refractivity contribution in [2.75, 3.05) is 51.2 Å². The third kappa shape index (κ3) is 5.35. The summed E-state index contributed by atoms with van der Waals surface area (Å²) < 4.78 is 5.71. The summed E-state index contributed by atoms with van der Waals surface area (Å²) in [5, 5.41) is 6.42. The molecule has 0 spiro atoms. The zero-order valence-corrected chi connectivity index (χ0v) is 15.9. The number of benzene rings is 1. The largest absolute Gasteiger partial charge is 0.494 e. The number of urea groups is 1. The number of unbranched alkanes of at least 4 members (excludes halogenated alkanes) is 2. The van der Waals surface area contributed by atoms with E-state index in [9.17, 15) is 4.79 Å². The molecule has 26 heavy (non-hydrogen) atoms. The molecule has 2 saturated heterocycles. The molecule has 1 atom stereocenters. The Bertz CT molecular complexity index is 549. The first-order chi connectivity index (χ1) is 12.8. The second kappa shape index (κ2) is 9.78. The van der Waals surface area contributed by atoms with Crippen LogP contribution in [0.2, 0.25) is 0 Å². The summed E-state index contributed by atoms with van der Waals surface area (Å²) >= 11 is 0. The number of ether oxygens (including phenoxy) is 1. The van der Waals surface area contributed by atoms with Gasteiger partial charge in [-0.15, -0.1) is 0 Å². The Morgan fingerprint density at radius 3 is 2.62 bits per heavy atom. The van der Waals surface area contributed by atoms with Gasteiger partial charge in [0, 0.05) is 44.5 Å². The third-order valence-electron chi connectivity index (χ3n) is 5.27. The van der Waals surface area contributed by atoms with Crippen LogP contribution in [0, 0.1) is 0 Å². The van der Waals surface area contributed by atoms with E-state index in [-0.39, 0.29) is 6.03 Å². The fourth-order valence-corrected chi connectivity index (χ4v) is 3.62. The van der Waals surface area contributed by atoms with Gasteiger partial charge >= 0.3 is 6.03 Å². The number of hydrogen-bond acceptors (Lipinski definition) is 4. The summed E-state index contributed by atoms with van der Waals surface area (Å²) in [7, 11) is 0. The van der Waals surface area contributed by atoms with Crippen molar-refractivity contribution in [1.82, 2.24) is 15.1 Å². The Kier molecular flexibility index (Phi) is 7.14. The maximum Gasteiger partial charge on any atom is 0.321 e. The second-order valence-corrected chi connectivity index (χ2v) is 7.18. The predicted octanol–water partition coefficient (Wildman–Crippen LogP) is 2.77. The van der Waals surface area contributed by atoms with E-state index in [1.54, 1.807) is 0 Å². The van der Waals surface area contributed by atoms with Gasteiger partial charge in [-0.05, 0) is 43.7 Å². The first kappa shape index (κ1) is 19.0.